The van der Waals surface area contributed by atoms with Gasteiger partial charge in [-0.25, -0.2) is 9.37 Å². The molecular weight excluding hydrogens is 457 g/mol. The molecule has 0 saturated carbocycles. The summed E-state index contributed by atoms with van der Waals surface area (Å²) in [6.45, 7) is 9.10. The van der Waals surface area contributed by atoms with Crippen LogP contribution in [-0.4, -0.2) is 38.9 Å². The summed E-state index contributed by atoms with van der Waals surface area (Å²) in [5, 5.41) is 9.81. The van der Waals surface area contributed by atoms with Crippen LogP contribution in [0.25, 0.3) is 32.2 Å². The Morgan fingerprint density at radius 1 is 1.09 bits per heavy atom. The molecule has 0 aliphatic carbocycles. The third-order valence-electron chi connectivity index (χ3n) is 6.41. The minimum Gasteiger partial charge on any atom is -0.348 e. The molecule has 2 aromatic heterocycles. The van der Waals surface area contributed by atoms with Gasteiger partial charge in [0, 0.05) is 42.8 Å². The Morgan fingerprint density at radius 2 is 1.79 bits per heavy atom. The van der Waals surface area contributed by atoms with Crippen molar-refractivity contribution in [1.82, 2.24) is 20.1 Å². The topological polar surface area (TPSA) is 46.0 Å². The van der Waals surface area contributed by atoms with Crippen molar-refractivity contribution >= 4 is 50.0 Å². The molecule has 1 N–H and O–H groups in total. The summed E-state index contributed by atoms with van der Waals surface area (Å²) >= 11 is 1.70. The highest BCUT2D eigenvalue weighted by Crippen LogP contribution is 2.37. The number of nitrogens with one attached hydrogen (secondary N) is 1. The highest BCUT2D eigenvalue weighted by Gasteiger charge is 2.39. The summed E-state index contributed by atoms with van der Waals surface area (Å²) in [6, 6.07) is 10.2. The first-order chi connectivity index (χ1) is 15.0. The number of aromatic nitrogens is 3. The van der Waals surface area contributed by atoms with Gasteiger partial charge in [0.05, 0.1) is 10.2 Å². The molecule has 8 heteroatoms. The van der Waals surface area contributed by atoms with Gasteiger partial charge in [-0.05, 0) is 75.9 Å². The Labute approximate surface area is 204 Å². The maximum absolute atomic E-state index is 14.6. The van der Waals surface area contributed by atoms with Gasteiger partial charge in [0.1, 0.15) is 5.52 Å². The van der Waals surface area contributed by atoms with Crippen LogP contribution in [0.2, 0.25) is 0 Å². The highest BCUT2D eigenvalue weighted by atomic mass is 35.5. The zero-order chi connectivity index (χ0) is 22.8. The Balaban J connectivity index is 0.00000259. The molecule has 33 heavy (non-hydrogen) atoms. The molecule has 0 spiro atoms. The highest BCUT2D eigenvalue weighted by molar-refractivity contribution is 7.22. The molecule has 0 bridgehead atoms. The minimum atomic E-state index is -0.293. The van der Waals surface area contributed by atoms with E-state index in [9.17, 15) is 4.39 Å². The molecule has 1 aliphatic rings. The number of rotatable bonds is 3. The lowest BCUT2D eigenvalue weighted by Gasteiger charge is -2.48. The second kappa shape index (κ2) is 8.22. The number of hydrogen-bond donors (Lipinski definition) is 1. The van der Waals surface area contributed by atoms with Gasteiger partial charge >= 0.3 is 0 Å². The number of benzene rings is 2. The zero-order valence-electron chi connectivity index (χ0n) is 19.9. The molecule has 176 valence electrons. The Morgan fingerprint density at radius 3 is 2.48 bits per heavy atom. The van der Waals surface area contributed by atoms with Crippen LogP contribution in [0, 0.1) is 5.82 Å². The van der Waals surface area contributed by atoms with Gasteiger partial charge < -0.3 is 10.2 Å². The average molecular weight is 488 g/mol. The van der Waals surface area contributed by atoms with Gasteiger partial charge in [-0.3, -0.25) is 4.68 Å². The van der Waals surface area contributed by atoms with E-state index in [0.717, 1.165) is 44.7 Å². The van der Waals surface area contributed by atoms with Crippen molar-refractivity contribution in [1.29, 1.82) is 0 Å². The van der Waals surface area contributed by atoms with E-state index < -0.39 is 0 Å². The molecule has 1 fully saturated rings. The summed E-state index contributed by atoms with van der Waals surface area (Å²) in [7, 11) is 3.97. The van der Waals surface area contributed by atoms with E-state index >= 15 is 0 Å². The van der Waals surface area contributed by atoms with Crippen LogP contribution >= 0.6 is 23.7 Å². The summed E-state index contributed by atoms with van der Waals surface area (Å²) in [5.74, 6) is -0.293. The SMILES string of the molecule is CN(c1nc2ccc(-c3cc(F)c4nn(C)cc4c3)cc2s1)C1CC(C)(C)NC(C)(C)C1.Cl. The van der Waals surface area contributed by atoms with E-state index in [0.29, 0.717) is 11.6 Å². The second-order valence-corrected chi connectivity index (χ2v) is 11.5. The lowest BCUT2D eigenvalue weighted by Crippen LogP contribution is -2.61. The van der Waals surface area contributed by atoms with Crippen LogP contribution in [0.5, 0.6) is 0 Å². The van der Waals surface area contributed by atoms with Gasteiger partial charge in [0.2, 0.25) is 0 Å². The van der Waals surface area contributed by atoms with E-state index in [4.69, 9.17) is 4.98 Å². The number of aryl methyl sites for hydroxylation is 1. The van der Waals surface area contributed by atoms with Crippen molar-refractivity contribution in [3.05, 3.63) is 42.3 Å². The predicted octanol–water partition coefficient (Wildman–Crippen LogP) is 6.16. The number of thiazole rings is 1. The summed E-state index contributed by atoms with van der Waals surface area (Å²) in [6.07, 6.45) is 3.99. The molecule has 1 saturated heterocycles. The first kappa shape index (κ1) is 23.9. The zero-order valence-corrected chi connectivity index (χ0v) is 21.6. The fraction of sp³-hybridized carbons (Fsp3) is 0.440. The average Bonchev–Trinajstić information content (AvgIpc) is 3.27. The molecule has 0 atom stereocenters. The summed E-state index contributed by atoms with van der Waals surface area (Å²) < 4.78 is 17.4. The van der Waals surface area contributed by atoms with Crippen molar-refractivity contribution < 1.29 is 4.39 Å². The van der Waals surface area contributed by atoms with Crippen molar-refractivity contribution in [3.8, 4) is 11.1 Å². The normalized spacial score (nSPS) is 17.9. The van der Waals surface area contributed by atoms with Crippen LogP contribution in [0.15, 0.2) is 36.5 Å². The molecular formula is C25H31ClFN5S. The van der Waals surface area contributed by atoms with Gasteiger partial charge in [-0.15, -0.1) is 12.4 Å². The molecule has 4 aromatic rings. The summed E-state index contributed by atoms with van der Waals surface area (Å²) in [4.78, 5) is 7.27. The molecule has 2 aromatic carbocycles. The molecule has 5 rings (SSSR count). The maximum atomic E-state index is 14.6. The first-order valence-corrected chi connectivity index (χ1v) is 11.9. The third kappa shape index (κ3) is 4.59. The van der Waals surface area contributed by atoms with Crippen LogP contribution in [0.3, 0.4) is 0 Å². The fourth-order valence-corrected chi connectivity index (χ4v) is 6.36. The van der Waals surface area contributed by atoms with Crippen LogP contribution < -0.4 is 10.2 Å². The Kier molecular flexibility index (Phi) is 5.96. The lowest BCUT2D eigenvalue weighted by molar-refractivity contribution is 0.161. The third-order valence-corrected chi connectivity index (χ3v) is 7.51. The Bertz CT molecular complexity index is 1310. The van der Waals surface area contributed by atoms with Gasteiger partial charge in [0.25, 0.3) is 0 Å². The van der Waals surface area contributed by atoms with Crippen LogP contribution in [-0.2, 0) is 7.05 Å². The van der Waals surface area contributed by atoms with Crippen molar-refractivity contribution in [2.45, 2.75) is 57.7 Å². The molecule has 1 aliphatic heterocycles. The lowest BCUT2D eigenvalue weighted by atomic mass is 9.79. The molecule has 0 unspecified atom stereocenters. The van der Waals surface area contributed by atoms with Crippen molar-refractivity contribution in [3.63, 3.8) is 0 Å². The number of halogens is 2. The van der Waals surface area contributed by atoms with E-state index in [1.165, 1.54) is 0 Å². The van der Waals surface area contributed by atoms with E-state index in [1.54, 1.807) is 22.1 Å². The Hall–Kier alpha value is -2.22. The van der Waals surface area contributed by atoms with Crippen LogP contribution in [0.1, 0.15) is 40.5 Å². The molecule has 5 nitrogen and oxygen atoms in total. The quantitative estimate of drug-likeness (QED) is 0.376. The maximum Gasteiger partial charge on any atom is 0.186 e. The standard InChI is InChI=1S/C25H30FN5S.ClH/c1-24(2)12-18(13-25(3,4)29-24)31(6)23-27-20-8-7-15(11-21(20)32-23)16-9-17-14-30(5)28-22(17)19(26)10-16;/h7-11,14,18,29H,12-13H2,1-6H3;1H. The second-order valence-electron chi connectivity index (χ2n) is 10.4. The largest absolute Gasteiger partial charge is 0.348 e. The van der Waals surface area contributed by atoms with Crippen LogP contribution in [0.4, 0.5) is 9.52 Å². The van der Waals surface area contributed by atoms with Gasteiger partial charge in [-0.2, -0.15) is 5.10 Å². The number of fused-ring (bicyclic) bond motifs is 2. The van der Waals surface area contributed by atoms with Crippen molar-refractivity contribution in [2.75, 3.05) is 11.9 Å². The van der Waals surface area contributed by atoms with Crippen molar-refractivity contribution in [2.24, 2.45) is 7.05 Å². The minimum absolute atomic E-state index is 0. The molecule has 0 radical (unpaired) electrons. The fourth-order valence-electron chi connectivity index (χ4n) is 5.32. The van der Waals surface area contributed by atoms with Gasteiger partial charge in [0.15, 0.2) is 10.9 Å². The number of anilines is 1. The number of hydrogen-bond acceptors (Lipinski definition) is 5. The van der Waals surface area contributed by atoms with E-state index in [1.807, 2.05) is 31.4 Å². The monoisotopic (exact) mass is 487 g/mol. The predicted molar refractivity (Wildman–Crippen MR) is 139 cm³/mol. The number of nitrogens with zero attached hydrogens (tertiary/aromatic N) is 4. The first-order valence-electron chi connectivity index (χ1n) is 11.1. The van der Waals surface area contributed by atoms with E-state index in [2.05, 4.69) is 56.1 Å². The molecule has 3 heterocycles. The smallest absolute Gasteiger partial charge is 0.186 e. The van der Waals surface area contributed by atoms with E-state index in [-0.39, 0.29) is 29.3 Å². The summed E-state index contributed by atoms with van der Waals surface area (Å²) in [5.41, 5.74) is 3.40. The number of piperidine rings is 1. The van der Waals surface area contributed by atoms with Gasteiger partial charge in [-0.1, -0.05) is 17.4 Å². The molecule has 0 amide bonds.